The molecule has 0 aliphatic carbocycles. The van der Waals surface area contributed by atoms with Gasteiger partial charge in [-0.1, -0.05) is 17.3 Å². The summed E-state index contributed by atoms with van der Waals surface area (Å²) in [6, 6.07) is 9.95. The highest BCUT2D eigenvalue weighted by Gasteiger charge is 2.11. The number of rotatable bonds is 1. The van der Waals surface area contributed by atoms with Crippen LogP contribution < -0.4 is 5.73 Å². The molecular weight excluding hydrogens is 231 g/mol. The lowest BCUT2D eigenvalue weighted by Gasteiger charge is -2.02. The first kappa shape index (κ1) is 10.8. The van der Waals surface area contributed by atoms with E-state index < -0.39 is 0 Å². The van der Waals surface area contributed by atoms with E-state index in [1.165, 1.54) is 12.1 Å². The van der Waals surface area contributed by atoms with Crippen LogP contribution in [0.5, 0.6) is 0 Å². The zero-order valence-corrected chi connectivity index (χ0v) is 9.77. The van der Waals surface area contributed by atoms with Crippen molar-refractivity contribution in [3.05, 3.63) is 47.8 Å². The molecule has 0 aliphatic heterocycles. The van der Waals surface area contributed by atoms with Crippen LogP contribution in [0.2, 0.25) is 0 Å². The second-order valence-corrected chi connectivity index (χ2v) is 4.24. The van der Waals surface area contributed by atoms with Crippen LogP contribution in [0, 0.1) is 12.7 Å². The minimum atomic E-state index is -0.313. The smallest absolute Gasteiger partial charge is 0.167 e. The lowest BCUT2D eigenvalue weighted by molar-refractivity contribution is 0.459. The average Bonchev–Trinajstić information content (AvgIpc) is 2.75. The molecule has 0 spiro atoms. The van der Waals surface area contributed by atoms with Crippen molar-refractivity contribution >= 4 is 16.7 Å². The van der Waals surface area contributed by atoms with Crippen molar-refractivity contribution in [2.45, 2.75) is 6.92 Å². The zero-order valence-electron chi connectivity index (χ0n) is 9.77. The van der Waals surface area contributed by atoms with E-state index >= 15 is 0 Å². The van der Waals surface area contributed by atoms with E-state index in [4.69, 9.17) is 10.3 Å². The third kappa shape index (κ3) is 1.62. The Hall–Kier alpha value is -2.36. The van der Waals surface area contributed by atoms with Gasteiger partial charge in [0, 0.05) is 11.3 Å². The van der Waals surface area contributed by atoms with E-state index in [2.05, 4.69) is 5.16 Å². The van der Waals surface area contributed by atoms with E-state index in [0.717, 1.165) is 11.1 Å². The number of hydrogen-bond donors (Lipinski definition) is 1. The van der Waals surface area contributed by atoms with Gasteiger partial charge in [0.25, 0.3) is 0 Å². The maximum atomic E-state index is 13.3. The Morgan fingerprint density at radius 1 is 1.17 bits per heavy atom. The molecule has 0 aliphatic rings. The average molecular weight is 242 g/mol. The number of anilines is 1. The molecular formula is C14H11FN2O. The fourth-order valence-corrected chi connectivity index (χ4v) is 1.91. The molecule has 0 radical (unpaired) electrons. The number of fused-ring (bicyclic) bond motifs is 1. The number of aromatic nitrogens is 1. The first-order chi connectivity index (χ1) is 8.65. The summed E-state index contributed by atoms with van der Waals surface area (Å²) in [5, 5.41) is 4.63. The SMILES string of the molecule is Cc1ccc(-c2noc3ccc(F)cc23)cc1N. The van der Waals surface area contributed by atoms with Gasteiger partial charge in [-0.15, -0.1) is 0 Å². The van der Waals surface area contributed by atoms with Gasteiger partial charge in [-0.2, -0.15) is 0 Å². The van der Waals surface area contributed by atoms with Crippen LogP contribution in [0.25, 0.3) is 22.2 Å². The monoisotopic (exact) mass is 242 g/mol. The minimum Gasteiger partial charge on any atom is -0.398 e. The second kappa shape index (κ2) is 3.84. The van der Waals surface area contributed by atoms with Crippen LogP contribution in [-0.2, 0) is 0 Å². The van der Waals surface area contributed by atoms with Crippen molar-refractivity contribution in [3.8, 4) is 11.3 Å². The Bertz CT molecular complexity index is 734. The molecule has 90 valence electrons. The largest absolute Gasteiger partial charge is 0.398 e. The Morgan fingerprint density at radius 2 is 2.00 bits per heavy atom. The summed E-state index contributed by atoms with van der Waals surface area (Å²) in [4.78, 5) is 0. The number of halogens is 1. The number of aryl methyl sites for hydroxylation is 1. The molecule has 0 saturated heterocycles. The van der Waals surface area contributed by atoms with Crippen molar-refractivity contribution in [1.29, 1.82) is 0 Å². The number of nitrogens with zero attached hydrogens (tertiary/aromatic N) is 1. The maximum absolute atomic E-state index is 13.3. The predicted octanol–water partition coefficient (Wildman–Crippen LogP) is 3.52. The van der Waals surface area contributed by atoms with Gasteiger partial charge in [-0.25, -0.2) is 4.39 Å². The van der Waals surface area contributed by atoms with E-state index in [1.54, 1.807) is 6.07 Å². The number of hydrogen-bond acceptors (Lipinski definition) is 3. The minimum absolute atomic E-state index is 0.313. The van der Waals surface area contributed by atoms with Gasteiger partial charge < -0.3 is 10.3 Å². The highest BCUT2D eigenvalue weighted by atomic mass is 19.1. The molecule has 3 aromatic rings. The van der Waals surface area contributed by atoms with E-state index in [1.807, 2.05) is 25.1 Å². The molecule has 1 aromatic heterocycles. The van der Waals surface area contributed by atoms with E-state index in [9.17, 15) is 4.39 Å². The Kier molecular flexibility index (Phi) is 2.30. The lowest BCUT2D eigenvalue weighted by atomic mass is 10.0. The molecule has 3 nitrogen and oxygen atoms in total. The molecule has 0 saturated carbocycles. The summed E-state index contributed by atoms with van der Waals surface area (Å²) < 4.78 is 18.4. The van der Waals surface area contributed by atoms with Crippen molar-refractivity contribution in [1.82, 2.24) is 5.16 Å². The fraction of sp³-hybridized carbons (Fsp3) is 0.0714. The highest BCUT2D eigenvalue weighted by molar-refractivity contribution is 5.92. The van der Waals surface area contributed by atoms with Gasteiger partial charge in [-0.3, -0.25) is 0 Å². The molecule has 0 bridgehead atoms. The lowest BCUT2D eigenvalue weighted by Crippen LogP contribution is -1.90. The van der Waals surface area contributed by atoms with E-state index in [-0.39, 0.29) is 5.82 Å². The maximum Gasteiger partial charge on any atom is 0.167 e. The molecule has 2 aromatic carbocycles. The van der Waals surface area contributed by atoms with Crippen LogP contribution >= 0.6 is 0 Å². The summed E-state index contributed by atoms with van der Waals surface area (Å²) >= 11 is 0. The van der Waals surface area contributed by atoms with Gasteiger partial charge in [-0.05, 0) is 36.8 Å². The molecule has 18 heavy (non-hydrogen) atoms. The molecule has 4 heteroatoms. The van der Waals surface area contributed by atoms with Crippen molar-refractivity contribution in [3.63, 3.8) is 0 Å². The first-order valence-electron chi connectivity index (χ1n) is 5.56. The molecule has 3 rings (SSSR count). The van der Waals surface area contributed by atoms with E-state index in [0.29, 0.717) is 22.4 Å². The predicted molar refractivity (Wildman–Crippen MR) is 68.6 cm³/mol. The van der Waals surface area contributed by atoms with Crippen LogP contribution in [0.1, 0.15) is 5.56 Å². The molecule has 0 unspecified atom stereocenters. The quantitative estimate of drug-likeness (QED) is 0.664. The Balaban J connectivity index is 2.24. The van der Waals surface area contributed by atoms with Gasteiger partial charge >= 0.3 is 0 Å². The molecule has 1 heterocycles. The number of nitrogen functional groups attached to an aromatic ring is 1. The second-order valence-electron chi connectivity index (χ2n) is 4.24. The van der Waals surface area contributed by atoms with Gasteiger partial charge in [0.15, 0.2) is 5.58 Å². The summed E-state index contributed by atoms with van der Waals surface area (Å²) in [5.41, 5.74) is 9.54. The van der Waals surface area contributed by atoms with Gasteiger partial charge in [0.05, 0.1) is 5.39 Å². The first-order valence-corrected chi connectivity index (χ1v) is 5.56. The summed E-state index contributed by atoms with van der Waals surface area (Å²) in [5.74, 6) is -0.313. The fourth-order valence-electron chi connectivity index (χ4n) is 1.91. The third-order valence-corrected chi connectivity index (χ3v) is 2.98. The topological polar surface area (TPSA) is 52.0 Å². The molecule has 2 N–H and O–H groups in total. The number of benzene rings is 2. The van der Waals surface area contributed by atoms with Crippen LogP contribution in [0.3, 0.4) is 0 Å². The standard InChI is InChI=1S/C14H11FN2O/c1-8-2-3-9(6-12(8)16)14-11-7-10(15)4-5-13(11)18-17-14/h2-7H,16H2,1H3. The Labute approximate surface area is 103 Å². The van der Waals surface area contributed by atoms with Crippen LogP contribution in [0.15, 0.2) is 40.9 Å². The molecule has 0 atom stereocenters. The zero-order chi connectivity index (χ0) is 12.7. The molecule has 0 fully saturated rings. The molecule has 0 amide bonds. The number of nitrogens with two attached hydrogens (primary N) is 1. The van der Waals surface area contributed by atoms with Crippen molar-refractivity contribution in [2.75, 3.05) is 5.73 Å². The summed E-state index contributed by atoms with van der Waals surface area (Å²) in [6.07, 6.45) is 0. The van der Waals surface area contributed by atoms with Crippen LogP contribution in [0.4, 0.5) is 10.1 Å². The third-order valence-electron chi connectivity index (χ3n) is 2.98. The highest BCUT2D eigenvalue weighted by Crippen LogP contribution is 2.30. The summed E-state index contributed by atoms with van der Waals surface area (Å²) in [7, 11) is 0. The van der Waals surface area contributed by atoms with Crippen molar-refractivity contribution in [2.24, 2.45) is 0 Å². The van der Waals surface area contributed by atoms with Gasteiger partial charge in [0.2, 0.25) is 0 Å². The van der Waals surface area contributed by atoms with Crippen molar-refractivity contribution < 1.29 is 8.91 Å². The Morgan fingerprint density at radius 3 is 2.78 bits per heavy atom. The van der Waals surface area contributed by atoms with Crippen LogP contribution in [-0.4, -0.2) is 5.16 Å². The summed E-state index contributed by atoms with van der Waals surface area (Å²) in [6.45, 7) is 1.93. The van der Waals surface area contributed by atoms with Gasteiger partial charge in [0.1, 0.15) is 11.5 Å². The normalized spacial score (nSPS) is 11.0.